The van der Waals surface area contributed by atoms with E-state index in [-0.39, 0.29) is 17.8 Å². The number of hydrogen-bond acceptors (Lipinski definition) is 3. The molecule has 0 radical (unpaired) electrons. The fourth-order valence-corrected chi connectivity index (χ4v) is 2.03. The molecule has 1 aromatic rings. The zero-order chi connectivity index (χ0) is 13.7. The summed E-state index contributed by atoms with van der Waals surface area (Å²) in [5.74, 6) is -0.169. The van der Waals surface area contributed by atoms with E-state index in [2.05, 4.69) is 5.32 Å². The third kappa shape index (κ3) is 4.01. The summed E-state index contributed by atoms with van der Waals surface area (Å²) >= 11 is 0. The highest BCUT2D eigenvalue weighted by Gasteiger charge is 2.17. The molecule has 1 fully saturated rings. The van der Waals surface area contributed by atoms with Gasteiger partial charge >= 0.3 is 0 Å². The van der Waals surface area contributed by atoms with Crippen LogP contribution in [0.2, 0.25) is 0 Å². The zero-order valence-electron chi connectivity index (χ0n) is 11.1. The molecule has 0 aliphatic carbocycles. The summed E-state index contributed by atoms with van der Waals surface area (Å²) in [7, 11) is 0. The third-order valence-corrected chi connectivity index (χ3v) is 3.29. The van der Waals surface area contributed by atoms with Gasteiger partial charge in [-0.1, -0.05) is 12.1 Å². The molecule has 2 rings (SSSR count). The van der Waals surface area contributed by atoms with Crippen LogP contribution in [0, 0.1) is 5.82 Å². The SMILES string of the molecule is C[C@@H](NCC(=O)N1CCOCC1)c1ccc(F)cc1. The summed E-state index contributed by atoms with van der Waals surface area (Å²) in [6.45, 7) is 4.79. The first-order chi connectivity index (χ1) is 9.16. The number of hydrogen-bond donors (Lipinski definition) is 1. The summed E-state index contributed by atoms with van der Waals surface area (Å²) in [5, 5.41) is 3.16. The second-order valence-corrected chi connectivity index (χ2v) is 4.65. The van der Waals surface area contributed by atoms with Gasteiger partial charge in [0.25, 0.3) is 0 Å². The Balaban J connectivity index is 1.80. The Morgan fingerprint density at radius 2 is 2.00 bits per heavy atom. The fourth-order valence-electron chi connectivity index (χ4n) is 2.03. The summed E-state index contributed by atoms with van der Waals surface area (Å²) in [6, 6.07) is 6.33. The molecule has 0 saturated carbocycles. The lowest BCUT2D eigenvalue weighted by molar-refractivity contribution is -0.134. The normalized spacial score (nSPS) is 17.3. The molecule has 0 spiro atoms. The summed E-state index contributed by atoms with van der Waals surface area (Å²) in [5.41, 5.74) is 0.969. The average Bonchev–Trinajstić information content (AvgIpc) is 2.46. The van der Waals surface area contributed by atoms with Crippen molar-refractivity contribution in [2.75, 3.05) is 32.8 Å². The molecule has 1 heterocycles. The highest BCUT2D eigenvalue weighted by atomic mass is 19.1. The fraction of sp³-hybridized carbons (Fsp3) is 0.500. The predicted molar refractivity (Wildman–Crippen MR) is 70.2 cm³/mol. The quantitative estimate of drug-likeness (QED) is 0.894. The topological polar surface area (TPSA) is 41.6 Å². The van der Waals surface area contributed by atoms with E-state index in [0.717, 1.165) is 5.56 Å². The van der Waals surface area contributed by atoms with Crippen molar-refractivity contribution in [3.8, 4) is 0 Å². The minimum absolute atomic E-state index is 0.0191. The average molecular weight is 266 g/mol. The molecular weight excluding hydrogens is 247 g/mol. The van der Waals surface area contributed by atoms with Gasteiger partial charge in [0.05, 0.1) is 19.8 Å². The second-order valence-electron chi connectivity index (χ2n) is 4.65. The summed E-state index contributed by atoms with van der Waals surface area (Å²) in [6.07, 6.45) is 0. The molecule has 19 heavy (non-hydrogen) atoms. The van der Waals surface area contributed by atoms with E-state index < -0.39 is 0 Å². The molecule has 0 aromatic heterocycles. The highest BCUT2D eigenvalue weighted by Crippen LogP contribution is 2.12. The van der Waals surface area contributed by atoms with Crippen LogP contribution in [0.25, 0.3) is 0 Å². The third-order valence-electron chi connectivity index (χ3n) is 3.29. The number of benzene rings is 1. The predicted octanol–water partition coefficient (Wildman–Crippen LogP) is 1.34. The highest BCUT2D eigenvalue weighted by molar-refractivity contribution is 5.78. The van der Waals surface area contributed by atoms with Gasteiger partial charge in [-0.05, 0) is 24.6 Å². The Labute approximate surface area is 112 Å². The van der Waals surface area contributed by atoms with Gasteiger partial charge in [-0.3, -0.25) is 4.79 Å². The maximum Gasteiger partial charge on any atom is 0.236 e. The van der Waals surface area contributed by atoms with E-state index in [4.69, 9.17) is 4.74 Å². The lowest BCUT2D eigenvalue weighted by Crippen LogP contribution is -2.45. The number of carbonyl (C=O) groups is 1. The van der Waals surface area contributed by atoms with Gasteiger partial charge in [0.1, 0.15) is 5.82 Å². The van der Waals surface area contributed by atoms with Crippen LogP contribution in [-0.2, 0) is 9.53 Å². The minimum Gasteiger partial charge on any atom is -0.378 e. The molecule has 104 valence electrons. The molecular formula is C14H19FN2O2. The molecule has 1 saturated heterocycles. The van der Waals surface area contributed by atoms with E-state index >= 15 is 0 Å². The number of amides is 1. The number of carbonyl (C=O) groups excluding carboxylic acids is 1. The van der Waals surface area contributed by atoms with Gasteiger partial charge in [0.2, 0.25) is 5.91 Å². The lowest BCUT2D eigenvalue weighted by atomic mass is 10.1. The maximum atomic E-state index is 12.8. The number of rotatable bonds is 4. The van der Waals surface area contributed by atoms with Crippen LogP contribution in [0.1, 0.15) is 18.5 Å². The molecule has 1 amide bonds. The van der Waals surface area contributed by atoms with Crippen molar-refractivity contribution in [2.24, 2.45) is 0 Å². The Morgan fingerprint density at radius 1 is 1.37 bits per heavy atom. The van der Waals surface area contributed by atoms with Crippen molar-refractivity contribution >= 4 is 5.91 Å². The van der Waals surface area contributed by atoms with Crippen LogP contribution in [-0.4, -0.2) is 43.7 Å². The van der Waals surface area contributed by atoms with Crippen molar-refractivity contribution in [1.82, 2.24) is 10.2 Å². The van der Waals surface area contributed by atoms with Gasteiger partial charge in [-0.25, -0.2) is 4.39 Å². The first-order valence-electron chi connectivity index (χ1n) is 6.51. The molecule has 0 bridgehead atoms. The van der Waals surface area contributed by atoms with Crippen molar-refractivity contribution in [2.45, 2.75) is 13.0 Å². The van der Waals surface area contributed by atoms with E-state index in [0.29, 0.717) is 32.8 Å². The molecule has 0 unspecified atom stereocenters. The van der Waals surface area contributed by atoms with Crippen LogP contribution in [0.3, 0.4) is 0 Å². The molecule has 1 N–H and O–H groups in total. The van der Waals surface area contributed by atoms with Crippen LogP contribution >= 0.6 is 0 Å². The first kappa shape index (κ1) is 14.0. The van der Waals surface area contributed by atoms with Crippen LogP contribution in [0.4, 0.5) is 4.39 Å². The van der Waals surface area contributed by atoms with Crippen LogP contribution in [0.5, 0.6) is 0 Å². The van der Waals surface area contributed by atoms with Crippen LogP contribution < -0.4 is 5.32 Å². The summed E-state index contributed by atoms with van der Waals surface area (Å²) in [4.78, 5) is 13.7. The zero-order valence-corrected chi connectivity index (χ0v) is 11.1. The van der Waals surface area contributed by atoms with Gasteiger partial charge in [-0.2, -0.15) is 0 Å². The molecule has 4 nitrogen and oxygen atoms in total. The number of ether oxygens (including phenoxy) is 1. The van der Waals surface area contributed by atoms with Crippen molar-refractivity contribution in [3.63, 3.8) is 0 Å². The van der Waals surface area contributed by atoms with Gasteiger partial charge in [0, 0.05) is 19.1 Å². The summed E-state index contributed by atoms with van der Waals surface area (Å²) < 4.78 is 18.0. The number of nitrogens with one attached hydrogen (secondary N) is 1. The molecule has 1 aromatic carbocycles. The van der Waals surface area contributed by atoms with Crippen LogP contribution in [0.15, 0.2) is 24.3 Å². The van der Waals surface area contributed by atoms with E-state index in [1.807, 2.05) is 6.92 Å². The first-order valence-corrected chi connectivity index (χ1v) is 6.51. The minimum atomic E-state index is -0.250. The van der Waals surface area contributed by atoms with E-state index in [1.54, 1.807) is 17.0 Å². The molecule has 1 atom stereocenters. The number of halogens is 1. The van der Waals surface area contributed by atoms with Gasteiger partial charge in [-0.15, -0.1) is 0 Å². The maximum absolute atomic E-state index is 12.8. The standard InChI is InChI=1S/C14H19FN2O2/c1-11(12-2-4-13(15)5-3-12)16-10-14(18)17-6-8-19-9-7-17/h2-5,11,16H,6-10H2,1H3/t11-/m1/s1. The molecule has 1 aliphatic rings. The van der Waals surface area contributed by atoms with Crippen molar-refractivity contribution < 1.29 is 13.9 Å². The molecule has 5 heteroatoms. The Hall–Kier alpha value is -1.46. The van der Waals surface area contributed by atoms with Crippen molar-refractivity contribution in [1.29, 1.82) is 0 Å². The Morgan fingerprint density at radius 3 is 2.63 bits per heavy atom. The number of nitrogens with zero attached hydrogens (tertiary/aromatic N) is 1. The van der Waals surface area contributed by atoms with Gasteiger partial charge in [0.15, 0.2) is 0 Å². The number of morpholine rings is 1. The largest absolute Gasteiger partial charge is 0.378 e. The van der Waals surface area contributed by atoms with Gasteiger partial charge < -0.3 is 15.0 Å². The monoisotopic (exact) mass is 266 g/mol. The smallest absolute Gasteiger partial charge is 0.236 e. The van der Waals surface area contributed by atoms with E-state index in [1.165, 1.54) is 12.1 Å². The Kier molecular flexibility index (Phi) is 4.87. The molecule has 1 aliphatic heterocycles. The second kappa shape index (κ2) is 6.63. The lowest BCUT2D eigenvalue weighted by Gasteiger charge is -2.27. The van der Waals surface area contributed by atoms with E-state index in [9.17, 15) is 9.18 Å². The Bertz CT molecular complexity index is 416. The van der Waals surface area contributed by atoms with Crippen molar-refractivity contribution in [3.05, 3.63) is 35.6 Å².